The van der Waals surface area contributed by atoms with Gasteiger partial charge in [-0.05, 0) is 37.5 Å². The van der Waals surface area contributed by atoms with E-state index in [2.05, 4.69) is 32.1 Å². The second-order valence-corrected chi connectivity index (χ2v) is 8.08. The zero-order chi connectivity index (χ0) is 19.5. The first-order chi connectivity index (χ1) is 13.6. The molecule has 1 saturated carbocycles. The van der Waals surface area contributed by atoms with Crippen LogP contribution in [0.3, 0.4) is 0 Å². The van der Waals surface area contributed by atoms with Gasteiger partial charge in [0.25, 0.3) is 0 Å². The summed E-state index contributed by atoms with van der Waals surface area (Å²) in [7, 11) is 0. The molecule has 0 aliphatic heterocycles. The van der Waals surface area contributed by atoms with Crippen molar-refractivity contribution >= 4 is 35.1 Å². The Morgan fingerprint density at radius 1 is 1.32 bits per heavy atom. The van der Waals surface area contributed by atoms with Gasteiger partial charge in [0.1, 0.15) is 11.6 Å². The van der Waals surface area contributed by atoms with Crippen molar-refractivity contribution in [1.29, 1.82) is 0 Å². The first-order valence-electron chi connectivity index (χ1n) is 9.26. The van der Waals surface area contributed by atoms with E-state index in [-0.39, 0.29) is 11.7 Å². The van der Waals surface area contributed by atoms with Gasteiger partial charge in [0.2, 0.25) is 5.91 Å². The molecule has 0 saturated heterocycles. The lowest BCUT2D eigenvalue weighted by Crippen LogP contribution is -2.18. The average Bonchev–Trinajstić information content (AvgIpc) is 3.30. The molecule has 0 bridgehead atoms. The maximum Gasteiger partial charge on any atom is 0.235 e. The van der Waals surface area contributed by atoms with E-state index in [1.807, 2.05) is 24.3 Å². The molecule has 0 unspecified atom stereocenters. The fraction of sp³-hybridized carbons (Fsp3) is 0.368. The highest BCUT2D eigenvalue weighted by atomic mass is 35.5. The highest BCUT2D eigenvalue weighted by Gasteiger charge is 2.30. The van der Waals surface area contributed by atoms with E-state index in [0.717, 1.165) is 23.1 Å². The normalized spacial score (nSPS) is 13.6. The zero-order valence-corrected chi connectivity index (χ0v) is 17.1. The molecule has 1 N–H and O–H groups in total. The van der Waals surface area contributed by atoms with Crippen LogP contribution < -0.4 is 5.32 Å². The molecular formula is C19H21ClN6OS. The number of aromatic nitrogens is 5. The summed E-state index contributed by atoms with van der Waals surface area (Å²) in [5, 5.41) is 17.3. The number of amides is 1. The summed E-state index contributed by atoms with van der Waals surface area (Å²) in [5.74, 6) is 2.41. The number of anilines is 1. The molecule has 2 heterocycles. The Labute approximate surface area is 172 Å². The van der Waals surface area contributed by atoms with Crippen LogP contribution in [-0.4, -0.2) is 36.2 Å². The second kappa shape index (κ2) is 8.36. The number of carbonyl (C=O) groups is 1. The monoisotopic (exact) mass is 416 g/mol. The van der Waals surface area contributed by atoms with Gasteiger partial charge in [0.15, 0.2) is 5.16 Å². The van der Waals surface area contributed by atoms with Gasteiger partial charge in [-0.25, -0.2) is 4.68 Å². The Morgan fingerprint density at radius 3 is 2.93 bits per heavy atom. The number of carbonyl (C=O) groups excluding carboxylic acids is 1. The van der Waals surface area contributed by atoms with E-state index in [1.165, 1.54) is 24.6 Å². The van der Waals surface area contributed by atoms with Gasteiger partial charge in [-0.1, -0.05) is 35.5 Å². The quantitative estimate of drug-likeness (QED) is 0.565. The van der Waals surface area contributed by atoms with Crippen LogP contribution in [-0.2, 0) is 17.9 Å². The van der Waals surface area contributed by atoms with E-state index in [4.69, 9.17) is 11.6 Å². The van der Waals surface area contributed by atoms with E-state index >= 15 is 0 Å². The van der Waals surface area contributed by atoms with E-state index in [9.17, 15) is 4.79 Å². The van der Waals surface area contributed by atoms with Crippen molar-refractivity contribution < 1.29 is 4.79 Å². The van der Waals surface area contributed by atoms with Crippen molar-refractivity contribution in [1.82, 2.24) is 24.5 Å². The standard InChI is InChI=1S/C19H21ClN6OS/c1-2-25-18(14-6-7-14)23-24-19(25)28-12-17(27)22-16-8-9-21-26(16)11-13-4-3-5-15(20)10-13/h3-5,8-10,14H,2,6-7,11-12H2,1H3,(H,22,27). The van der Waals surface area contributed by atoms with Crippen LogP contribution in [0.5, 0.6) is 0 Å². The number of rotatable bonds is 8. The molecule has 7 nitrogen and oxygen atoms in total. The fourth-order valence-corrected chi connectivity index (χ4v) is 4.05. The first kappa shape index (κ1) is 19.0. The molecule has 3 aromatic rings. The van der Waals surface area contributed by atoms with Gasteiger partial charge in [-0.15, -0.1) is 10.2 Å². The summed E-state index contributed by atoms with van der Waals surface area (Å²) in [6.45, 7) is 3.42. The predicted octanol–water partition coefficient (Wildman–Crippen LogP) is 3.80. The number of hydrogen-bond acceptors (Lipinski definition) is 5. The molecule has 1 aliphatic rings. The van der Waals surface area contributed by atoms with Gasteiger partial charge >= 0.3 is 0 Å². The molecule has 1 aromatic carbocycles. The van der Waals surface area contributed by atoms with Crippen LogP contribution in [0, 0.1) is 0 Å². The van der Waals surface area contributed by atoms with Gasteiger partial charge < -0.3 is 9.88 Å². The molecule has 0 radical (unpaired) electrons. The number of benzene rings is 1. The lowest BCUT2D eigenvalue weighted by Gasteiger charge is -2.10. The third kappa shape index (κ3) is 4.39. The van der Waals surface area contributed by atoms with Crippen molar-refractivity contribution in [3.63, 3.8) is 0 Å². The molecule has 28 heavy (non-hydrogen) atoms. The summed E-state index contributed by atoms with van der Waals surface area (Å²) >= 11 is 7.45. The molecule has 1 aliphatic carbocycles. The van der Waals surface area contributed by atoms with Gasteiger partial charge in [0.05, 0.1) is 18.5 Å². The van der Waals surface area contributed by atoms with Crippen LogP contribution in [0.2, 0.25) is 5.02 Å². The third-order valence-corrected chi connectivity index (χ3v) is 5.74. The Balaban J connectivity index is 1.36. The van der Waals surface area contributed by atoms with E-state index in [0.29, 0.717) is 23.3 Å². The van der Waals surface area contributed by atoms with Crippen LogP contribution in [0.15, 0.2) is 41.7 Å². The Morgan fingerprint density at radius 2 is 2.18 bits per heavy atom. The maximum atomic E-state index is 12.4. The molecule has 4 rings (SSSR count). The molecule has 1 amide bonds. The minimum absolute atomic E-state index is 0.100. The molecule has 146 valence electrons. The van der Waals surface area contributed by atoms with Crippen molar-refractivity contribution in [3.8, 4) is 0 Å². The van der Waals surface area contributed by atoms with Crippen LogP contribution in [0.25, 0.3) is 0 Å². The molecule has 0 atom stereocenters. The van der Waals surface area contributed by atoms with Gasteiger partial charge in [-0.2, -0.15) is 5.10 Å². The Kier molecular flexibility index (Phi) is 5.68. The zero-order valence-electron chi connectivity index (χ0n) is 15.5. The summed E-state index contributed by atoms with van der Waals surface area (Å²) in [4.78, 5) is 12.4. The van der Waals surface area contributed by atoms with Crippen LogP contribution in [0.1, 0.15) is 37.1 Å². The smallest absolute Gasteiger partial charge is 0.235 e. The van der Waals surface area contributed by atoms with Crippen molar-refractivity contribution in [3.05, 3.63) is 52.9 Å². The fourth-order valence-electron chi connectivity index (χ4n) is 3.03. The second-order valence-electron chi connectivity index (χ2n) is 6.70. The van der Waals surface area contributed by atoms with Crippen LogP contribution >= 0.6 is 23.4 Å². The van der Waals surface area contributed by atoms with Crippen molar-refractivity contribution in [2.24, 2.45) is 0 Å². The minimum Gasteiger partial charge on any atom is -0.310 e. The van der Waals surface area contributed by atoms with Crippen molar-refractivity contribution in [2.75, 3.05) is 11.1 Å². The SMILES string of the molecule is CCn1c(SCC(=O)Nc2ccnn2Cc2cccc(Cl)c2)nnc1C1CC1. The molecular weight excluding hydrogens is 396 g/mol. The predicted molar refractivity (Wildman–Crippen MR) is 110 cm³/mol. The molecule has 0 spiro atoms. The number of halogens is 1. The molecule has 1 fully saturated rings. The van der Waals surface area contributed by atoms with E-state index in [1.54, 1.807) is 16.9 Å². The number of nitrogens with one attached hydrogen (secondary N) is 1. The highest BCUT2D eigenvalue weighted by Crippen LogP contribution is 2.39. The average molecular weight is 417 g/mol. The number of nitrogens with zero attached hydrogens (tertiary/aromatic N) is 5. The topological polar surface area (TPSA) is 77.6 Å². The van der Waals surface area contributed by atoms with Gasteiger partial charge in [-0.3, -0.25) is 4.79 Å². The lowest BCUT2D eigenvalue weighted by molar-refractivity contribution is -0.113. The summed E-state index contributed by atoms with van der Waals surface area (Å²) < 4.78 is 3.85. The highest BCUT2D eigenvalue weighted by molar-refractivity contribution is 7.99. The summed E-state index contributed by atoms with van der Waals surface area (Å²) in [6, 6.07) is 9.38. The first-order valence-corrected chi connectivity index (χ1v) is 10.6. The third-order valence-electron chi connectivity index (χ3n) is 4.54. The Hall–Kier alpha value is -2.32. The Bertz CT molecular complexity index is 980. The largest absolute Gasteiger partial charge is 0.310 e. The van der Waals surface area contributed by atoms with Gasteiger partial charge in [0, 0.05) is 23.6 Å². The number of hydrogen-bond donors (Lipinski definition) is 1. The summed E-state index contributed by atoms with van der Waals surface area (Å²) in [5.41, 5.74) is 1.02. The summed E-state index contributed by atoms with van der Waals surface area (Å²) in [6.07, 6.45) is 4.03. The molecule has 2 aromatic heterocycles. The van der Waals surface area contributed by atoms with Crippen LogP contribution in [0.4, 0.5) is 5.82 Å². The minimum atomic E-state index is -0.100. The van der Waals surface area contributed by atoms with Crippen molar-refractivity contribution in [2.45, 2.75) is 43.9 Å². The maximum absolute atomic E-state index is 12.4. The van der Waals surface area contributed by atoms with E-state index < -0.39 is 0 Å². The lowest BCUT2D eigenvalue weighted by atomic mass is 10.2. The number of thioether (sulfide) groups is 1. The molecule has 9 heteroatoms.